The quantitative estimate of drug-likeness (QED) is 0.860. The van der Waals surface area contributed by atoms with Crippen LogP contribution in [0.3, 0.4) is 0 Å². The van der Waals surface area contributed by atoms with Gasteiger partial charge in [0, 0.05) is 19.1 Å². The van der Waals surface area contributed by atoms with Crippen molar-refractivity contribution in [3.63, 3.8) is 0 Å². The molecule has 4 nitrogen and oxygen atoms in total. The standard InChI is InChI=1S/C14H17F3N4/c1-3-20(2)11-6-7-21(9-11)13-10(8-18)4-5-12(19-13)14(15,16)17/h4-5,11H,3,6-7,9H2,1-2H3. The predicted octanol–water partition coefficient (Wildman–Crippen LogP) is 2.50. The molecule has 2 heterocycles. The van der Waals surface area contributed by atoms with Crippen molar-refractivity contribution in [3.8, 4) is 6.07 Å². The molecule has 0 radical (unpaired) electrons. The lowest BCUT2D eigenvalue weighted by Crippen LogP contribution is -2.34. The minimum absolute atomic E-state index is 0.138. The van der Waals surface area contributed by atoms with Gasteiger partial charge in [0.25, 0.3) is 0 Å². The molecule has 114 valence electrons. The molecule has 1 aromatic rings. The number of nitriles is 1. The summed E-state index contributed by atoms with van der Waals surface area (Å²) in [4.78, 5) is 7.60. The SMILES string of the molecule is CCN(C)C1CCN(c2nc(C(F)(F)F)ccc2C#N)C1. The zero-order chi connectivity index (χ0) is 15.6. The third-order valence-corrected chi connectivity index (χ3v) is 3.87. The number of pyridine rings is 1. The van der Waals surface area contributed by atoms with E-state index in [9.17, 15) is 13.2 Å². The van der Waals surface area contributed by atoms with E-state index in [4.69, 9.17) is 5.26 Å². The molecule has 0 aliphatic carbocycles. The molecular formula is C14H17F3N4. The number of halogens is 3. The molecule has 1 aliphatic heterocycles. The van der Waals surface area contributed by atoms with Crippen molar-refractivity contribution < 1.29 is 13.2 Å². The number of hydrogen-bond donors (Lipinski definition) is 0. The molecule has 0 spiro atoms. The molecule has 1 unspecified atom stereocenters. The molecule has 0 bridgehead atoms. The molecule has 0 saturated carbocycles. The number of anilines is 1. The Balaban J connectivity index is 2.29. The highest BCUT2D eigenvalue weighted by atomic mass is 19.4. The maximum absolute atomic E-state index is 12.8. The van der Waals surface area contributed by atoms with Crippen LogP contribution in [0.1, 0.15) is 24.6 Å². The van der Waals surface area contributed by atoms with E-state index in [0.29, 0.717) is 13.1 Å². The van der Waals surface area contributed by atoms with E-state index in [2.05, 4.69) is 9.88 Å². The Morgan fingerprint density at radius 2 is 2.19 bits per heavy atom. The van der Waals surface area contributed by atoms with Gasteiger partial charge in [-0.3, -0.25) is 0 Å². The smallest absolute Gasteiger partial charge is 0.354 e. The summed E-state index contributed by atoms with van der Waals surface area (Å²) in [6.45, 7) is 4.11. The second kappa shape index (κ2) is 5.90. The average Bonchev–Trinajstić information content (AvgIpc) is 2.94. The highest BCUT2D eigenvalue weighted by Gasteiger charge is 2.35. The monoisotopic (exact) mass is 298 g/mol. The van der Waals surface area contributed by atoms with Crippen molar-refractivity contribution in [2.45, 2.75) is 25.6 Å². The van der Waals surface area contributed by atoms with Crippen molar-refractivity contribution in [3.05, 3.63) is 23.4 Å². The maximum Gasteiger partial charge on any atom is 0.433 e. The second-order valence-electron chi connectivity index (χ2n) is 5.14. The fourth-order valence-electron chi connectivity index (χ4n) is 2.49. The van der Waals surface area contributed by atoms with Gasteiger partial charge in [0.15, 0.2) is 0 Å². The molecule has 2 rings (SSSR count). The molecular weight excluding hydrogens is 281 g/mol. The normalized spacial score (nSPS) is 19.1. The van der Waals surface area contributed by atoms with Crippen molar-refractivity contribution in [1.82, 2.24) is 9.88 Å². The van der Waals surface area contributed by atoms with Crippen LogP contribution in [-0.2, 0) is 6.18 Å². The highest BCUT2D eigenvalue weighted by Crippen LogP contribution is 2.31. The van der Waals surface area contributed by atoms with Crippen LogP contribution in [0.15, 0.2) is 12.1 Å². The lowest BCUT2D eigenvalue weighted by Gasteiger charge is -2.24. The number of rotatable bonds is 3. The maximum atomic E-state index is 12.8. The Hall–Kier alpha value is -1.81. The van der Waals surface area contributed by atoms with E-state index < -0.39 is 11.9 Å². The number of hydrogen-bond acceptors (Lipinski definition) is 4. The summed E-state index contributed by atoms with van der Waals surface area (Å²) >= 11 is 0. The van der Waals surface area contributed by atoms with Gasteiger partial charge in [0.05, 0.1) is 5.56 Å². The molecule has 0 amide bonds. The fraction of sp³-hybridized carbons (Fsp3) is 0.571. The summed E-state index contributed by atoms with van der Waals surface area (Å²) in [6.07, 6.45) is -3.64. The van der Waals surface area contributed by atoms with E-state index in [1.54, 1.807) is 4.90 Å². The van der Waals surface area contributed by atoms with Gasteiger partial charge in [0.2, 0.25) is 0 Å². The molecule has 7 heteroatoms. The first-order chi connectivity index (χ1) is 9.86. The van der Waals surface area contributed by atoms with Crippen molar-refractivity contribution in [1.29, 1.82) is 5.26 Å². The molecule has 0 aromatic carbocycles. The van der Waals surface area contributed by atoms with E-state index in [1.165, 1.54) is 6.07 Å². The topological polar surface area (TPSA) is 43.2 Å². The largest absolute Gasteiger partial charge is 0.433 e. The molecule has 1 saturated heterocycles. The van der Waals surface area contributed by atoms with Crippen LogP contribution in [0.25, 0.3) is 0 Å². The van der Waals surface area contributed by atoms with Gasteiger partial charge < -0.3 is 9.80 Å². The number of aromatic nitrogens is 1. The van der Waals surface area contributed by atoms with Crippen LogP contribution in [0.4, 0.5) is 19.0 Å². The van der Waals surface area contributed by atoms with E-state index >= 15 is 0 Å². The first-order valence-electron chi connectivity index (χ1n) is 6.80. The van der Waals surface area contributed by atoms with Crippen LogP contribution in [0.2, 0.25) is 0 Å². The Bertz CT molecular complexity index is 550. The van der Waals surface area contributed by atoms with Crippen molar-refractivity contribution in [2.75, 3.05) is 31.6 Å². The summed E-state index contributed by atoms with van der Waals surface area (Å²) in [5, 5.41) is 9.09. The zero-order valence-corrected chi connectivity index (χ0v) is 12.0. The Morgan fingerprint density at radius 3 is 2.76 bits per heavy atom. The van der Waals surface area contributed by atoms with Gasteiger partial charge in [-0.2, -0.15) is 18.4 Å². The zero-order valence-electron chi connectivity index (χ0n) is 12.0. The van der Waals surface area contributed by atoms with E-state index in [0.717, 1.165) is 19.0 Å². The molecule has 21 heavy (non-hydrogen) atoms. The number of likely N-dealkylation sites (N-methyl/N-ethyl adjacent to an activating group) is 1. The summed E-state index contributed by atoms with van der Waals surface area (Å²) in [5.41, 5.74) is -0.772. The highest BCUT2D eigenvalue weighted by molar-refractivity contribution is 5.55. The van der Waals surface area contributed by atoms with Crippen LogP contribution >= 0.6 is 0 Å². The third-order valence-electron chi connectivity index (χ3n) is 3.87. The van der Waals surface area contributed by atoms with Gasteiger partial charge in [-0.15, -0.1) is 0 Å². The third kappa shape index (κ3) is 3.27. The van der Waals surface area contributed by atoms with Crippen molar-refractivity contribution >= 4 is 5.82 Å². The Morgan fingerprint density at radius 1 is 1.48 bits per heavy atom. The first-order valence-corrected chi connectivity index (χ1v) is 6.80. The number of nitrogens with zero attached hydrogens (tertiary/aromatic N) is 4. The second-order valence-corrected chi connectivity index (χ2v) is 5.14. The first kappa shape index (κ1) is 15.6. The average molecular weight is 298 g/mol. The van der Waals surface area contributed by atoms with Crippen LogP contribution < -0.4 is 4.90 Å². The molecule has 1 aliphatic rings. The minimum Gasteiger partial charge on any atom is -0.354 e. The molecule has 1 aromatic heterocycles. The fourth-order valence-corrected chi connectivity index (χ4v) is 2.49. The summed E-state index contributed by atoms with van der Waals surface area (Å²) < 4.78 is 38.3. The van der Waals surface area contributed by atoms with Crippen LogP contribution in [-0.4, -0.2) is 42.6 Å². The minimum atomic E-state index is -4.50. The van der Waals surface area contributed by atoms with Gasteiger partial charge in [-0.25, -0.2) is 4.98 Å². The Labute approximate surface area is 121 Å². The van der Waals surface area contributed by atoms with Gasteiger partial charge in [0.1, 0.15) is 17.6 Å². The lowest BCUT2D eigenvalue weighted by molar-refractivity contribution is -0.141. The predicted molar refractivity (Wildman–Crippen MR) is 72.9 cm³/mol. The van der Waals surface area contributed by atoms with Gasteiger partial charge in [-0.1, -0.05) is 6.92 Å². The summed E-state index contributed by atoms with van der Waals surface area (Å²) in [5.74, 6) is 0.138. The van der Waals surface area contributed by atoms with Gasteiger partial charge in [-0.05, 0) is 32.1 Å². The number of alkyl halides is 3. The Kier molecular flexibility index (Phi) is 4.37. The molecule has 1 atom stereocenters. The van der Waals surface area contributed by atoms with Crippen LogP contribution in [0, 0.1) is 11.3 Å². The molecule has 1 fully saturated rings. The molecule has 0 N–H and O–H groups in total. The summed E-state index contributed by atoms with van der Waals surface area (Å²) in [7, 11) is 1.99. The van der Waals surface area contributed by atoms with Crippen LogP contribution in [0.5, 0.6) is 0 Å². The lowest BCUT2D eigenvalue weighted by atomic mass is 10.2. The summed E-state index contributed by atoms with van der Waals surface area (Å²) in [6, 6.07) is 4.25. The van der Waals surface area contributed by atoms with Gasteiger partial charge >= 0.3 is 6.18 Å². The van der Waals surface area contributed by atoms with Crippen molar-refractivity contribution in [2.24, 2.45) is 0 Å². The van der Waals surface area contributed by atoms with E-state index in [-0.39, 0.29) is 17.4 Å². The van der Waals surface area contributed by atoms with E-state index in [1.807, 2.05) is 20.0 Å².